The minimum atomic E-state index is -0.244. The van der Waals surface area contributed by atoms with E-state index in [-0.39, 0.29) is 10.8 Å². The number of hydrogen-bond donors (Lipinski definition) is 3. The summed E-state index contributed by atoms with van der Waals surface area (Å²) in [6, 6.07) is 22.5. The molecule has 31 heavy (non-hydrogen) atoms. The Hall–Kier alpha value is -3.16. The van der Waals surface area contributed by atoms with Crippen molar-refractivity contribution >= 4 is 34.5 Å². The summed E-state index contributed by atoms with van der Waals surface area (Å²) in [5.74, 6) is 0.753. The van der Waals surface area contributed by atoms with Crippen LogP contribution in [0.2, 0.25) is 0 Å². The van der Waals surface area contributed by atoms with E-state index in [1.54, 1.807) is 11.8 Å². The molecule has 0 atom stereocenters. The van der Waals surface area contributed by atoms with E-state index in [2.05, 4.69) is 46.7 Å². The highest BCUT2D eigenvalue weighted by molar-refractivity contribution is 7.99. The molecule has 0 bridgehead atoms. The summed E-state index contributed by atoms with van der Waals surface area (Å²) in [5, 5.41) is 13.3. The van der Waals surface area contributed by atoms with Crippen molar-refractivity contribution in [1.29, 1.82) is 0 Å². The van der Waals surface area contributed by atoms with Crippen LogP contribution in [0.4, 0.5) is 11.4 Å². The zero-order chi connectivity index (χ0) is 21.2. The quantitative estimate of drug-likeness (QED) is 0.317. The van der Waals surface area contributed by atoms with Crippen molar-refractivity contribution in [3.05, 3.63) is 92.4 Å². The molecule has 1 aromatic heterocycles. The summed E-state index contributed by atoms with van der Waals surface area (Å²) in [4.78, 5) is 16.6. The molecule has 0 saturated carbocycles. The van der Waals surface area contributed by atoms with Gasteiger partial charge in [-0.2, -0.15) is 0 Å². The Labute approximate surface area is 187 Å². The average molecular weight is 449 g/mol. The summed E-state index contributed by atoms with van der Waals surface area (Å²) in [6.07, 6.45) is 1.31. The molecule has 0 unspecified atom stereocenters. The van der Waals surface area contributed by atoms with E-state index in [1.165, 1.54) is 15.4 Å². The number of anilines is 2. The summed E-state index contributed by atoms with van der Waals surface area (Å²) in [6.45, 7) is 0.573. The Morgan fingerprint density at radius 1 is 0.935 bits per heavy atom. The van der Waals surface area contributed by atoms with Crippen molar-refractivity contribution in [3.8, 4) is 11.6 Å². The fraction of sp³-hybridized carbons (Fsp3) is 0.125. The van der Waals surface area contributed by atoms with Gasteiger partial charge in [0.05, 0.1) is 22.9 Å². The third-order valence-electron chi connectivity index (χ3n) is 5.11. The van der Waals surface area contributed by atoms with Crippen LogP contribution in [0.25, 0.3) is 0 Å². The predicted molar refractivity (Wildman–Crippen MR) is 125 cm³/mol. The summed E-state index contributed by atoms with van der Waals surface area (Å²) in [7, 11) is 0. The molecule has 2 heterocycles. The maximum atomic E-state index is 11.3. The van der Waals surface area contributed by atoms with Crippen LogP contribution in [0.3, 0.4) is 0 Å². The van der Waals surface area contributed by atoms with Crippen LogP contribution in [0, 0.1) is 0 Å². The van der Waals surface area contributed by atoms with Crippen molar-refractivity contribution < 1.29 is 9.84 Å². The second-order valence-corrected chi connectivity index (χ2v) is 9.37. The molecule has 0 saturated heterocycles. The average Bonchev–Trinajstić information content (AvgIpc) is 3.10. The van der Waals surface area contributed by atoms with Crippen LogP contribution in [-0.2, 0) is 12.8 Å². The van der Waals surface area contributed by atoms with Crippen LogP contribution >= 0.6 is 23.1 Å². The maximum Gasteiger partial charge on any atom is 0.307 e. The van der Waals surface area contributed by atoms with E-state index in [1.807, 2.05) is 30.3 Å². The summed E-state index contributed by atoms with van der Waals surface area (Å²) >= 11 is 2.82. The third kappa shape index (κ3) is 4.33. The van der Waals surface area contributed by atoms with E-state index in [4.69, 9.17) is 4.74 Å². The second kappa shape index (κ2) is 8.53. The van der Waals surface area contributed by atoms with E-state index in [0.29, 0.717) is 17.9 Å². The zero-order valence-electron chi connectivity index (χ0n) is 16.6. The Kier molecular flexibility index (Phi) is 5.44. The number of benzene rings is 3. The molecule has 5 rings (SSSR count). The Bertz CT molecular complexity index is 1280. The van der Waals surface area contributed by atoms with Crippen LogP contribution in [0.1, 0.15) is 16.0 Å². The van der Waals surface area contributed by atoms with Crippen molar-refractivity contribution in [2.24, 2.45) is 0 Å². The minimum Gasteiger partial charge on any atom is -0.494 e. The summed E-state index contributed by atoms with van der Waals surface area (Å²) < 4.78 is 5.97. The Morgan fingerprint density at radius 2 is 1.74 bits per heavy atom. The molecule has 3 aromatic carbocycles. The van der Waals surface area contributed by atoms with Crippen molar-refractivity contribution in [3.63, 3.8) is 0 Å². The van der Waals surface area contributed by atoms with Gasteiger partial charge in [-0.3, -0.25) is 9.78 Å². The maximum absolute atomic E-state index is 11.3. The van der Waals surface area contributed by atoms with Gasteiger partial charge in [-0.15, -0.1) is 0 Å². The first-order chi connectivity index (χ1) is 15.2. The SMILES string of the molecule is O=c1[nH]c(O)c(Cc2ccc(OCCc3cccc4c3Nc3ccccc3S4)cc2)s1. The number of nitrogens with one attached hydrogen (secondary N) is 2. The van der Waals surface area contributed by atoms with Gasteiger partial charge in [0.15, 0.2) is 0 Å². The number of ether oxygens (including phenoxy) is 1. The van der Waals surface area contributed by atoms with E-state index < -0.39 is 0 Å². The van der Waals surface area contributed by atoms with Crippen molar-refractivity contribution in [2.45, 2.75) is 22.6 Å². The van der Waals surface area contributed by atoms with Crippen molar-refractivity contribution in [2.75, 3.05) is 11.9 Å². The number of rotatable bonds is 6. The first-order valence-electron chi connectivity index (χ1n) is 9.94. The molecular weight excluding hydrogens is 428 g/mol. The van der Waals surface area contributed by atoms with Crippen molar-refractivity contribution in [1.82, 2.24) is 4.98 Å². The fourth-order valence-corrected chi connectivity index (χ4v) is 5.36. The number of aromatic hydroxyl groups is 1. The number of aromatic amines is 1. The molecule has 1 aliphatic rings. The second-order valence-electron chi connectivity index (χ2n) is 7.22. The molecule has 0 amide bonds. The highest BCUT2D eigenvalue weighted by atomic mass is 32.2. The zero-order valence-corrected chi connectivity index (χ0v) is 18.2. The highest BCUT2D eigenvalue weighted by Gasteiger charge is 2.17. The van der Waals surface area contributed by atoms with Crippen LogP contribution < -0.4 is 14.9 Å². The molecule has 156 valence electrons. The minimum absolute atomic E-state index is 0.0454. The Balaban J connectivity index is 1.21. The van der Waals surface area contributed by atoms with Gasteiger partial charge < -0.3 is 15.2 Å². The predicted octanol–water partition coefficient (Wildman–Crippen LogP) is 5.56. The largest absolute Gasteiger partial charge is 0.494 e. The first kappa shape index (κ1) is 19.8. The molecule has 0 fully saturated rings. The van der Waals surface area contributed by atoms with Gasteiger partial charge in [0.25, 0.3) is 0 Å². The Morgan fingerprint density at radius 3 is 2.55 bits per heavy atom. The number of fused-ring (bicyclic) bond motifs is 2. The lowest BCUT2D eigenvalue weighted by molar-refractivity contribution is 0.322. The van der Waals surface area contributed by atoms with Gasteiger partial charge in [0.2, 0.25) is 5.88 Å². The monoisotopic (exact) mass is 448 g/mol. The third-order valence-corrected chi connectivity index (χ3v) is 7.12. The number of thiazole rings is 1. The molecule has 1 aliphatic heterocycles. The van der Waals surface area contributed by atoms with Gasteiger partial charge >= 0.3 is 4.87 Å². The van der Waals surface area contributed by atoms with Crippen LogP contribution in [-0.4, -0.2) is 16.7 Å². The van der Waals surface area contributed by atoms with Crippen LogP contribution in [0.15, 0.2) is 81.3 Å². The molecule has 7 heteroatoms. The van der Waals surface area contributed by atoms with Gasteiger partial charge in [-0.05, 0) is 41.5 Å². The molecular formula is C24H20N2O3S2. The van der Waals surface area contributed by atoms with Gasteiger partial charge in [-0.25, -0.2) is 0 Å². The van der Waals surface area contributed by atoms with E-state index in [0.717, 1.165) is 40.4 Å². The summed E-state index contributed by atoms with van der Waals surface area (Å²) in [5.41, 5.74) is 4.54. The fourth-order valence-electron chi connectivity index (χ4n) is 3.56. The molecule has 0 aliphatic carbocycles. The number of hydrogen-bond acceptors (Lipinski definition) is 6. The lowest BCUT2D eigenvalue weighted by atomic mass is 10.1. The van der Waals surface area contributed by atoms with Gasteiger partial charge in [0.1, 0.15) is 5.75 Å². The van der Waals surface area contributed by atoms with E-state index in [9.17, 15) is 9.90 Å². The lowest BCUT2D eigenvalue weighted by Crippen LogP contribution is -2.07. The van der Waals surface area contributed by atoms with Crippen LogP contribution in [0.5, 0.6) is 11.6 Å². The smallest absolute Gasteiger partial charge is 0.307 e. The first-order valence-corrected chi connectivity index (χ1v) is 11.6. The lowest BCUT2D eigenvalue weighted by Gasteiger charge is -2.23. The number of aromatic nitrogens is 1. The molecule has 3 N–H and O–H groups in total. The van der Waals surface area contributed by atoms with Gasteiger partial charge in [0, 0.05) is 22.6 Å². The standard InChI is InChI=1S/C24H20N2O3S2/c27-23-21(31-24(28)26-23)14-15-8-10-17(11-9-15)29-13-12-16-4-3-7-20-22(16)25-18-5-1-2-6-19(18)30-20/h1-11,25,27H,12-14H2,(H,26,28). The van der Waals surface area contributed by atoms with Gasteiger partial charge in [-0.1, -0.05) is 59.5 Å². The molecule has 5 nitrogen and oxygen atoms in total. The topological polar surface area (TPSA) is 74.4 Å². The molecule has 4 aromatic rings. The molecule has 0 spiro atoms. The normalized spacial score (nSPS) is 12.0. The van der Waals surface area contributed by atoms with E-state index >= 15 is 0 Å². The molecule has 0 radical (unpaired) electrons. The number of H-pyrrole nitrogens is 1. The number of para-hydroxylation sites is 2. The highest BCUT2D eigenvalue weighted by Crippen LogP contribution is 2.45.